The van der Waals surface area contributed by atoms with Crippen molar-refractivity contribution in [1.29, 1.82) is 0 Å². The molecular weight excluding hydrogens is 338 g/mol. The highest BCUT2D eigenvalue weighted by Gasteiger charge is 2.28. The lowest BCUT2D eigenvalue weighted by Crippen LogP contribution is -2.50. The molecule has 6 nitrogen and oxygen atoms in total. The summed E-state index contributed by atoms with van der Waals surface area (Å²) in [5.74, 6) is 0.0399. The Morgan fingerprint density at radius 3 is 2.40 bits per heavy atom. The number of hydrogen-bond donors (Lipinski definition) is 1. The van der Waals surface area contributed by atoms with Crippen LogP contribution in [0, 0.1) is 6.92 Å². The van der Waals surface area contributed by atoms with E-state index < -0.39 is 10.0 Å². The van der Waals surface area contributed by atoms with E-state index >= 15 is 0 Å². The Labute approximate surface area is 149 Å². The van der Waals surface area contributed by atoms with Crippen LogP contribution in [-0.4, -0.2) is 62.3 Å². The second kappa shape index (κ2) is 7.68. The Morgan fingerprint density at radius 1 is 1.16 bits per heavy atom. The van der Waals surface area contributed by atoms with Gasteiger partial charge in [0.15, 0.2) is 0 Å². The Kier molecular flexibility index (Phi) is 5.56. The summed E-state index contributed by atoms with van der Waals surface area (Å²) in [5, 5.41) is 4.23. The van der Waals surface area contributed by atoms with Gasteiger partial charge in [-0.2, -0.15) is 4.31 Å². The Bertz CT molecular complexity index is 731. The minimum Gasteiger partial charge on any atom is -0.352 e. The smallest absolute Gasteiger partial charge is 0.236 e. The number of amides is 1. The molecule has 0 unspecified atom stereocenters. The number of aryl methyl sites for hydroxylation is 1. The average Bonchev–Trinajstić information content (AvgIpc) is 3.39. The fourth-order valence-electron chi connectivity index (χ4n) is 2.77. The molecule has 1 aromatic rings. The Balaban J connectivity index is 1.50. The summed E-state index contributed by atoms with van der Waals surface area (Å²) in [6.45, 7) is 4.33. The predicted molar refractivity (Wildman–Crippen MR) is 98.3 cm³/mol. The largest absolute Gasteiger partial charge is 0.352 e. The topological polar surface area (TPSA) is 69.7 Å². The van der Waals surface area contributed by atoms with Gasteiger partial charge in [-0.25, -0.2) is 8.42 Å². The molecule has 3 rings (SSSR count). The molecule has 0 spiro atoms. The number of carbonyl (C=O) groups is 1. The van der Waals surface area contributed by atoms with Gasteiger partial charge in [0, 0.05) is 37.6 Å². The Hall–Kier alpha value is -1.70. The van der Waals surface area contributed by atoms with Crippen molar-refractivity contribution in [3.8, 4) is 0 Å². The molecule has 0 radical (unpaired) electrons. The van der Waals surface area contributed by atoms with Gasteiger partial charge in [0.05, 0.1) is 6.54 Å². The van der Waals surface area contributed by atoms with Crippen molar-refractivity contribution in [3.05, 3.63) is 40.8 Å². The van der Waals surface area contributed by atoms with E-state index in [1.807, 2.05) is 36.1 Å². The molecule has 0 aromatic heterocycles. The fraction of sp³-hybridized carbons (Fsp3) is 0.500. The van der Waals surface area contributed by atoms with Crippen LogP contribution in [0.2, 0.25) is 0 Å². The highest BCUT2D eigenvalue weighted by atomic mass is 32.2. The van der Waals surface area contributed by atoms with E-state index in [0.717, 1.165) is 24.0 Å². The quantitative estimate of drug-likeness (QED) is 0.824. The van der Waals surface area contributed by atoms with Gasteiger partial charge in [-0.1, -0.05) is 29.8 Å². The third-order valence-electron chi connectivity index (χ3n) is 4.51. The molecule has 1 aliphatic carbocycles. The highest BCUT2D eigenvalue weighted by Crippen LogP contribution is 2.18. The summed E-state index contributed by atoms with van der Waals surface area (Å²) in [6, 6.07) is 8.08. The van der Waals surface area contributed by atoms with Gasteiger partial charge in [0.25, 0.3) is 0 Å². The minimum absolute atomic E-state index is 0.0399. The maximum Gasteiger partial charge on any atom is 0.236 e. The van der Waals surface area contributed by atoms with Gasteiger partial charge in [-0.05, 0) is 31.4 Å². The zero-order chi connectivity index (χ0) is 17.9. The fourth-order valence-corrected chi connectivity index (χ4v) is 3.95. The number of nitrogens with one attached hydrogen (secondary N) is 1. The van der Waals surface area contributed by atoms with E-state index in [1.165, 1.54) is 9.71 Å². The third kappa shape index (κ3) is 5.39. The maximum absolute atomic E-state index is 12.4. The molecule has 1 saturated heterocycles. The molecule has 1 amide bonds. The first-order valence-corrected chi connectivity index (χ1v) is 10.2. The van der Waals surface area contributed by atoms with Gasteiger partial charge in [0.1, 0.15) is 0 Å². The van der Waals surface area contributed by atoms with E-state index in [-0.39, 0.29) is 5.91 Å². The van der Waals surface area contributed by atoms with Gasteiger partial charge in [-0.3, -0.25) is 9.69 Å². The lowest BCUT2D eigenvalue weighted by atomic mass is 10.2. The molecular formula is C18H25N3O3S. The molecule has 136 valence electrons. The van der Waals surface area contributed by atoms with E-state index in [9.17, 15) is 13.2 Å². The first kappa shape index (κ1) is 18.1. The van der Waals surface area contributed by atoms with Crippen molar-refractivity contribution in [2.24, 2.45) is 0 Å². The second-order valence-corrected chi connectivity index (χ2v) is 8.59. The number of piperazine rings is 1. The number of benzene rings is 1. The number of sulfonamides is 1. The van der Waals surface area contributed by atoms with Crippen LogP contribution < -0.4 is 5.32 Å². The van der Waals surface area contributed by atoms with Crippen molar-refractivity contribution in [2.45, 2.75) is 25.8 Å². The first-order chi connectivity index (χ1) is 11.9. The summed E-state index contributed by atoms with van der Waals surface area (Å²) >= 11 is 0. The van der Waals surface area contributed by atoms with Gasteiger partial charge < -0.3 is 5.32 Å². The first-order valence-electron chi connectivity index (χ1n) is 8.69. The third-order valence-corrected chi connectivity index (χ3v) is 6.08. The van der Waals surface area contributed by atoms with Gasteiger partial charge in [-0.15, -0.1) is 0 Å². The van der Waals surface area contributed by atoms with Crippen LogP contribution in [0.1, 0.15) is 24.0 Å². The lowest BCUT2D eigenvalue weighted by Gasteiger charge is -2.32. The van der Waals surface area contributed by atoms with E-state index in [4.69, 9.17) is 0 Å². The summed E-state index contributed by atoms with van der Waals surface area (Å²) < 4.78 is 26.4. The van der Waals surface area contributed by atoms with Crippen LogP contribution in [0.5, 0.6) is 0 Å². The van der Waals surface area contributed by atoms with Gasteiger partial charge >= 0.3 is 0 Å². The van der Waals surface area contributed by atoms with E-state index in [1.54, 1.807) is 6.08 Å². The summed E-state index contributed by atoms with van der Waals surface area (Å²) in [7, 11) is -3.43. The van der Waals surface area contributed by atoms with Crippen LogP contribution in [0.4, 0.5) is 0 Å². The van der Waals surface area contributed by atoms with Crippen LogP contribution >= 0.6 is 0 Å². The van der Waals surface area contributed by atoms with Crippen molar-refractivity contribution in [1.82, 2.24) is 14.5 Å². The van der Waals surface area contributed by atoms with Crippen molar-refractivity contribution >= 4 is 22.0 Å². The molecule has 1 saturated carbocycles. The van der Waals surface area contributed by atoms with Crippen LogP contribution in [0.25, 0.3) is 6.08 Å². The molecule has 7 heteroatoms. The van der Waals surface area contributed by atoms with Crippen LogP contribution in [0.3, 0.4) is 0 Å². The average molecular weight is 363 g/mol. The number of rotatable bonds is 6. The SMILES string of the molecule is Cc1ccc(C=CS(=O)(=O)N2CCN(CC(=O)NC3CC3)CC2)cc1. The van der Waals surface area contributed by atoms with Gasteiger partial charge in [0.2, 0.25) is 15.9 Å². The lowest BCUT2D eigenvalue weighted by molar-refractivity contribution is -0.122. The van der Waals surface area contributed by atoms with Crippen molar-refractivity contribution in [3.63, 3.8) is 0 Å². The molecule has 1 heterocycles. The van der Waals surface area contributed by atoms with E-state index in [2.05, 4.69) is 5.32 Å². The highest BCUT2D eigenvalue weighted by molar-refractivity contribution is 7.92. The monoisotopic (exact) mass is 363 g/mol. The van der Waals surface area contributed by atoms with Crippen LogP contribution in [-0.2, 0) is 14.8 Å². The molecule has 1 aliphatic heterocycles. The predicted octanol–water partition coefficient (Wildman–Crippen LogP) is 1.19. The summed E-state index contributed by atoms with van der Waals surface area (Å²) in [5.41, 5.74) is 2.01. The standard InChI is InChI=1S/C18H25N3O3S/c1-15-2-4-16(5-3-15)8-13-25(23,24)21-11-9-20(10-12-21)14-18(22)19-17-6-7-17/h2-5,8,13,17H,6-7,9-12,14H2,1H3,(H,19,22). The molecule has 1 aromatic carbocycles. The summed E-state index contributed by atoms with van der Waals surface area (Å²) in [6.07, 6.45) is 3.78. The van der Waals surface area contributed by atoms with Crippen LogP contribution in [0.15, 0.2) is 29.7 Å². The number of nitrogens with zero attached hydrogens (tertiary/aromatic N) is 2. The summed E-state index contributed by atoms with van der Waals surface area (Å²) in [4.78, 5) is 13.8. The molecule has 0 atom stereocenters. The molecule has 1 N–H and O–H groups in total. The molecule has 2 aliphatic rings. The minimum atomic E-state index is -3.43. The zero-order valence-corrected chi connectivity index (χ0v) is 15.3. The molecule has 2 fully saturated rings. The Morgan fingerprint density at radius 2 is 1.80 bits per heavy atom. The zero-order valence-electron chi connectivity index (χ0n) is 14.5. The number of hydrogen-bond acceptors (Lipinski definition) is 4. The normalized spacial score (nSPS) is 20.0. The number of carbonyl (C=O) groups excluding carboxylic acids is 1. The van der Waals surface area contributed by atoms with Crippen molar-refractivity contribution in [2.75, 3.05) is 32.7 Å². The molecule has 25 heavy (non-hydrogen) atoms. The molecule has 0 bridgehead atoms. The maximum atomic E-state index is 12.4. The second-order valence-electron chi connectivity index (χ2n) is 6.78. The van der Waals surface area contributed by atoms with E-state index in [0.29, 0.717) is 38.8 Å². The van der Waals surface area contributed by atoms with Crippen molar-refractivity contribution < 1.29 is 13.2 Å².